The molecule has 1 aliphatic heterocycles. The van der Waals surface area contributed by atoms with Crippen LogP contribution in [0, 0.1) is 15.9 Å². The Morgan fingerprint density at radius 1 is 0.978 bits per heavy atom. The molecule has 0 saturated heterocycles. The second-order valence-corrected chi connectivity index (χ2v) is 13.4. The van der Waals surface area contributed by atoms with Crippen LogP contribution in [0.3, 0.4) is 0 Å². The van der Waals surface area contributed by atoms with Gasteiger partial charge in [0.05, 0.1) is 6.54 Å². The van der Waals surface area contributed by atoms with E-state index in [1.54, 1.807) is 18.0 Å². The van der Waals surface area contributed by atoms with E-state index in [9.17, 15) is 14.7 Å². The Morgan fingerprint density at radius 3 is 2.54 bits per heavy atom. The number of nitrogens with one attached hydrogen (secondary N) is 1. The van der Waals surface area contributed by atoms with Crippen molar-refractivity contribution in [1.29, 1.82) is 0 Å². The van der Waals surface area contributed by atoms with E-state index in [-0.39, 0.29) is 5.91 Å². The van der Waals surface area contributed by atoms with Crippen molar-refractivity contribution >= 4 is 51.2 Å². The normalized spacial score (nSPS) is 18.3. The van der Waals surface area contributed by atoms with Crippen LogP contribution in [0.2, 0.25) is 0 Å². The second kappa shape index (κ2) is 12.4. The van der Waals surface area contributed by atoms with E-state index in [1.807, 2.05) is 60.7 Å². The number of aryl methyl sites for hydroxylation is 1. The maximum Gasteiger partial charge on any atom is 0.316 e. The van der Waals surface area contributed by atoms with E-state index in [2.05, 4.69) is 57.7 Å². The third-order valence-electron chi connectivity index (χ3n) is 10.0. The highest BCUT2D eigenvalue weighted by molar-refractivity contribution is 9.09. The molecule has 46 heavy (non-hydrogen) atoms. The van der Waals surface area contributed by atoms with Crippen molar-refractivity contribution in [2.75, 3.05) is 10.6 Å². The summed E-state index contributed by atoms with van der Waals surface area (Å²) < 4.78 is 0. The maximum atomic E-state index is 14.5. The first-order valence-corrected chi connectivity index (χ1v) is 17.2. The predicted molar refractivity (Wildman–Crippen MR) is 187 cm³/mol. The molecule has 3 aliphatic rings. The summed E-state index contributed by atoms with van der Waals surface area (Å²) in [5, 5.41) is 20.2. The van der Waals surface area contributed by atoms with Gasteiger partial charge >= 0.3 is 5.97 Å². The Kier molecular flexibility index (Phi) is 8.16. The van der Waals surface area contributed by atoms with Crippen LogP contribution in [0.5, 0.6) is 0 Å². The van der Waals surface area contributed by atoms with Crippen molar-refractivity contribution in [3.63, 3.8) is 0 Å². The fourth-order valence-electron chi connectivity index (χ4n) is 7.49. The molecule has 0 saturated carbocycles. The van der Waals surface area contributed by atoms with Gasteiger partial charge in [0.2, 0.25) is 0 Å². The Morgan fingerprint density at radius 2 is 1.74 bits per heavy atom. The zero-order chi connectivity index (χ0) is 31.8. The number of amides is 1. The molecular weight excluding hydrogens is 636 g/mol. The maximum absolute atomic E-state index is 14.5. The molecule has 2 atom stereocenters. The van der Waals surface area contributed by atoms with E-state index in [4.69, 9.17) is 0 Å². The van der Waals surface area contributed by atoms with Gasteiger partial charge in [0.1, 0.15) is 11.5 Å². The summed E-state index contributed by atoms with van der Waals surface area (Å²) in [4.78, 5) is 29.7. The lowest BCUT2D eigenvalue weighted by atomic mass is 9.69. The van der Waals surface area contributed by atoms with Crippen molar-refractivity contribution in [3.05, 3.63) is 140 Å². The number of carboxylic acids is 1. The molecule has 1 amide bonds. The van der Waals surface area contributed by atoms with Crippen LogP contribution >= 0.6 is 15.9 Å². The zero-order valence-electron chi connectivity index (χ0n) is 25.9. The average Bonchev–Trinajstić information content (AvgIpc) is 3.22. The Balaban J connectivity index is 1.39. The standard InChI is InChI=1S/C40H37BrN2O3/c1-40(39(45)46,37-38(44)43(23-21-26-8-3-2-4-9-26)25-29-10-5-6-13-36(29)42-37)35-12-7-11-31-33-17-15-28-24-27(20-22-41)14-16-30(28)32(33)18-19-34(31)35/h2-6,8-10,13-16,18-19,21,23-24,37,42H,7,11-12,17,20,22,25H2,1H3,(H,45,46). The fourth-order valence-corrected chi connectivity index (χ4v) is 7.95. The lowest BCUT2D eigenvalue weighted by Crippen LogP contribution is -2.54. The number of carbonyl (C=O) groups is 2. The number of aliphatic carboxylic acids is 1. The van der Waals surface area contributed by atoms with E-state index >= 15 is 0 Å². The van der Waals surface area contributed by atoms with Crippen LogP contribution in [-0.2, 0) is 35.4 Å². The number of carbonyl (C=O) groups excluding carboxylic acids is 1. The number of carboxylic acid groups (broad SMARTS) is 1. The predicted octanol–water partition coefficient (Wildman–Crippen LogP) is 6.32. The molecule has 6 heteroatoms. The van der Waals surface area contributed by atoms with Gasteiger partial charge in [0, 0.05) is 17.2 Å². The average molecular weight is 674 g/mol. The van der Waals surface area contributed by atoms with Crippen molar-refractivity contribution in [1.82, 2.24) is 4.90 Å². The van der Waals surface area contributed by atoms with Gasteiger partial charge in [0.25, 0.3) is 5.91 Å². The van der Waals surface area contributed by atoms with Crippen molar-refractivity contribution in [2.24, 2.45) is 5.41 Å². The first kappa shape index (κ1) is 30.2. The lowest BCUT2D eigenvalue weighted by Gasteiger charge is -2.38. The highest BCUT2D eigenvalue weighted by atomic mass is 79.9. The van der Waals surface area contributed by atoms with Crippen LogP contribution in [0.15, 0.2) is 91.1 Å². The van der Waals surface area contributed by atoms with Crippen LogP contribution in [0.4, 0.5) is 5.69 Å². The molecule has 2 N–H and O–H groups in total. The summed E-state index contributed by atoms with van der Waals surface area (Å²) in [5.74, 6) is -1.26. The van der Waals surface area contributed by atoms with E-state index in [0.29, 0.717) is 13.0 Å². The van der Waals surface area contributed by atoms with Crippen molar-refractivity contribution in [3.8, 4) is 0 Å². The molecule has 1 heterocycles. The van der Waals surface area contributed by atoms with Gasteiger partial charge in [-0.2, -0.15) is 0 Å². The minimum Gasteiger partial charge on any atom is -0.481 e. The number of alkyl halides is 1. The molecule has 4 aromatic rings. The van der Waals surface area contributed by atoms with Gasteiger partial charge in [0.15, 0.2) is 0 Å². The number of halogens is 1. The largest absolute Gasteiger partial charge is 0.481 e. The van der Waals surface area contributed by atoms with Crippen LogP contribution in [0.1, 0.15) is 47.6 Å². The summed E-state index contributed by atoms with van der Waals surface area (Å²) >= 11 is 3.56. The van der Waals surface area contributed by atoms with Gasteiger partial charge in [-0.25, -0.2) is 0 Å². The molecule has 4 aromatic carbocycles. The third-order valence-corrected chi connectivity index (χ3v) is 10.4. The van der Waals surface area contributed by atoms with Crippen LogP contribution in [-0.4, -0.2) is 33.3 Å². The highest BCUT2D eigenvalue weighted by Crippen LogP contribution is 2.41. The van der Waals surface area contributed by atoms with Crippen LogP contribution < -0.4 is 15.8 Å². The van der Waals surface area contributed by atoms with E-state index in [0.717, 1.165) is 58.6 Å². The monoisotopic (exact) mass is 672 g/mol. The fraction of sp³-hybridized carbons (Fsp3) is 0.250. The second-order valence-electron chi connectivity index (χ2n) is 12.7. The summed E-state index contributed by atoms with van der Waals surface area (Å²) in [7, 11) is 0. The molecule has 0 aromatic heterocycles. The van der Waals surface area contributed by atoms with E-state index < -0.39 is 17.4 Å². The number of benzene rings is 4. The molecule has 0 bridgehead atoms. The number of rotatable bonds is 7. The smallest absolute Gasteiger partial charge is 0.316 e. The van der Waals surface area contributed by atoms with E-state index in [1.165, 1.54) is 32.3 Å². The summed E-state index contributed by atoms with van der Waals surface area (Å²) in [5.41, 5.74) is 5.85. The summed E-state index contributed by atoms with van der Waals surface area (Å²) in [6.07, 6.45) is 10.2. The topological polar surface area (TPSA) is 69.6 Å². The molecule has 2 aliphatic carbocycles. The van der Waals surface area contributed by atoms with Gasteiger partial charge < -0.3 is 15.3 Å². The molecule has 5 nitrogen and oxygen atoms in total. The number of fused-ring (bicyclic) bond motifs is 5. The summed E-state index contributed by atoms with van der Waals surface area (Å²) in [6.45, 7) is 2.10. The summed E-state index contributed by atoms with van der Waals surface area (Å²) in [6, 6.07) is 27.7. The van der Waals surface area contributed by atoms with Gasteiger partial charge in [-0.3, -0.25) is 9.59 Å². The molecular formula is C40H37BrN2O3. The van der Waals surface area contributed by atoms with Crippen molar-refractivity contribution in [2.45, 2.75) is 51.6 Å². The van der Waals surface area contributed by atoms with Gasteiger partial charge in [-0.05, 0) is 105 Å². The first-order chi connectivity index (χ1) is 22.4. The van der Waals surface area contributed by atoms with Crippen LogP contribution in [0.25, 0.3) is 17.7 Å². The Bertz CT molecular complexity index is 2110. The molecule has 2 unspecified atom stereocenters. The third kappa shape index (κ3) is 5.28. The SMILES string of the molecule is CC(C(=O)O)(C1=c2ccc3c(c2CCC1)CC=c1cc(CCBr)ccc1=3)C1Nc2ccccc2CN(C=Cc2ccccc2)C1=O. The van der Waals surface area contributed by atoms with Crippen molar-refractivity contribution < 1.29 is 14.7 Å². The minimum atomic E-state index is -1.49. The molecule has 0 fully saturated rings. The quantitative estimate of drug-likeness (QED) is 0.226. The molecule has 0 spiro atoms. The zero-order valence-corrected chi connectivity index (χ0v) is 27.5. The molecule has 0 radical (unpaired) electrons. The minimum absolute atomic E-state index is 0.257. The van der Waals surface area contributed by atoms with Gasteiger partial charge in [-0.15, -0.1) is 0 Å². The van der Waals surface area contributed by atoms with Gasteiger partial charge in [-0.1, -0.05) is 101 Å². The number of hydrogen-bond acceptors (Lipinski definition) is 3. The molecule has 232 valence electrons. The highest BCUT2D eigenvalue weighted by Gasteiger charge is 2.51. The lowest BCUT2D eigenvalue weighted by molar-refractivity contribution is -0.149. The Hall–Kier alpha value is -4.42. The number of para-hydroxylation sites is 1. The number of nitrogens with zero attached hydrogens (tertiary/aromatic N) is 1. The number of hydrogen-bond donors (Lipinski definition) is 2. The first-order valence-electron chi connectivity index (χ1n) is 16.0. The number of anilines is 1. The molecule has 7 rings (SSSR count). The Labute approximate surface area is 277 Å².